The SMILES string of the molecule is CN(C)CCN1C(=S)N[C@@H](c2ccccn2)[C@H]1c1cccn1C1CCCC1. The zero-order valence-corrected chi connectivity index (χ0v) is 17.0. The lowest BCUT2D eigenvalue weighted by Crippen LogP contribution is -2.36. The first-order valence-electron chi connectivity index (χ1n) is 9.94. The van der Waals surface area contributed by atoms with Crippen LogP contribution >= 0.6 is 12.2 Å². The average molecular weight is 384 g/mol. The van der Waals surface area contributed by atoms with E-state index < -0.39 is 0 Å². The Morgan fingerprint density at radius 2 is 2.00 bits per heavy atom. The molecule has 1 saturated heterocycles. The van der Waals surface area contributed by atoms with Crippen molar-refractivity contribution in [2.45, 2.75) is 43.8 Å². The van der Waals surface area contributed by atoms with Crippen molar-refractivity contribution in [1.29, 1.82) is 0 Å². The lowest BCUT2D eigenvalue weighted by molar-refractivity contribution is 0.265. The van der Waals surface area contributed by atoms with Crippen molar-refractivity contribution in [3.63, 3.8) is 0 Å². The molecule has 2 aromatic rings. The first kappa shape index (κ1) is 18.4. The van der Waals surface area contributed by atoms with Gasteiger partial charge in [-0.05, 0) is 63.4 Å². The Morgan fingerprint density at radius 3 is 2.70 bits per heavy atom. The van der Waals surface area contributed by atoms with Crippen LogP contribution in [0.5, 0.6) is 0 Å². The number of hydrogen-bond donors (Lipinski definition) is 1. The van der Waals surface area contributed by atoms with Gasteiger partial charge in [0.2, 0.25) is 0 Å². The second-order valence-electron chi connectivity index (χ2n) is 7.90. The van der Waals surface area contributed by atoms with Crippen molar-refractivity contribution in [1.82, 2.24) is 24.7 Å². The van der Waals surface area contributed by atoms with Gasteiger partial charge in [-0.25, -0.2) is 0 Å². The van der Waals surface area contributed by atoms with Crippen molar-refractivity contribution >= 4 is 17.3 Å². The first-order chi connectivity index (χ1) is 13.1. The molecule has 4 rings (SSSR count). The minimum atomic E-state index is 0.0796. The Kier molecular flexibility index (Phi) is 5.45. The molecule has 2 aliphatic rings. The third-order valence-corrected chi connectivity index (χ3v) is 6.17. The zero-order valence-electron chi connectivity index (χ0n) is 16.2. The van der Waals surface area contributed by atoms with E-state index >= 15 is 0 Å². The molecule has 2 fully saturated rings. The van der Waals surface area contributed by atoms with Gasteiger partial charge in [0.25, 0.3) is 0 Å². The van der Waals surface area contributed by atoms with E-state index in [1.807, 2.05) is 12.3 Å². The number of nitrogens with zero attached hydrogens (tertiary/aromatic N) is 4. The number of thiocarbonyl (C=S) groups is 1. The fourth-order valence-corrected chi connectivity index (χ4v) is 4.78. The summed E-state index contributed by atoms with van der Waals surface area (Å²) in [6, 6.07) is 11.5. The molecule has 2 atom stereocenters. The molecule has 1 aliphatic carbocycles. The minimum Gasteiger partial charge on any atom is -0.352 e. The van der Waals surface area contributed by atoms with Crippen LogP contribution in [0.1, 0.15) is 55.2 Å². The molecule has 1 aliphatic heterocycles. The Hall–Kier alpha value is -1.92. The van der Waals surface area contributed by atoms with Crippen LogP contribution in [-0.2, 0) is 0 Å². The van der Waals surface area contributed by atoms with E-state index in [4.69, 9.17) is 12.2 Å². The standard InChI is InChI=1S/C21H29N5S/c1-24(2)14-15-26-20(18-11-7-13-25(18)16-8-3-4-9-16)19(23-21(26)27)17-10-5-6-12-22-17/h5-7,10-13,16,19-20H,3-4,8-9,14-15H2,1-2H3,(H,23,27)/t19-,20+/m0/s1. The topological polar surface area (TPSA) is 36.3 Å². The average Bonchev–Trinajstić information content (AvgIpc) is 3.40. The summed E-state index contributed by atoms with van der Waals surface area (Å²) in [7, 11) is 4.22. The van der Waals surface area contributed by atoms with Crippen LogP contribution in [0, 0.1) is 0 Å². The number of hydrogen-bond acceptors (Lipinski definition) is 3. The maximum Gasteiger partial charge on any atom is 0.170 e. The van der Waals surface area contributed by atoms with Gasteiger partial charge < -0.3 is 19.7 Å². The highest BCUT2D eigenvalue weighted by molar-refractivity contribution is 7.80. The Balaban J connectivity index is 1.71. The summed E-state index contributed by atoms with van der Waals surface area (Å²) in [5.74, 6) is 0. The maximum absolute atomic E-state index is 5.76. The van der Waals surface area contributed by atoms with Crippen molar-refractivity contribution in [2.24, 2.45) is 0 Å². The molecule has 0 radical (unpaired) electrons. The zero-order chi connectivity index (χ0) is 18.8. The largest absolute Gasteiger partial charge is 0.352 e. The summed E-state index contributed by atoms with van der Waals surface area (Å²) in [4.78, 5) is 9.21. The van der Waals surface area contributed by atoms with E-state index in [0.717, 1.165) is 23.9 Å². The number of pyridine rings is 1. The highest BCUT2D eigenvalue weighted by atomic mass is 32.1. The van der Waals surface area contributed by atoms with Gasteiger partial charge in [0.05, 0.1) is 17.8 Å². The Morgan fingerprint density at radius 1 is 1.19 bits per heavy atom. The molecule has 0 amide bonds. The predicted octanol–water partition coefficient (Wildman–Crippen LogP) is 3.53. The molecule has 1 N–H and O–H groups in total. The van der Waals surface area contributed by atoms with Gasteiger partial charge in [0.15, 0.2) is 5.11 Å². The smallest absolute Gasteiger partial charge is 0.170 e. The Bertz CT molecular complexity index is 766. The quantitative estimate of drug-likeness (QED) is 0.772. The van der Waals surface area contributed by atoms with Crippen molar-refractivity contribution in [3.05, 3.63) is 54.1 Å². The lowest BCUT2D eigenvalue weighted by atomic mass is 10.0. The summed E-state index contributed by atoms with van der Waals surface area (Å²) >= 11 is 5.76. The number of nitrogens with one attached hydrogen (secondary N) is 1. The van der Waals surface area contributed by atoms with Crippen LogP contribution < -0.4 is 5.32 Å². The first-order valence-corrected chi connectivity index (χ1v) is 10.4. The van der Waals surface area contributed by atoms with Gasteiger partial charge in [0, 0.05) is 37.2 Å². The minimum absolute atomic E-state index is 0.0796. The summed E-state index contributed by atoms with van der Waals surface area (Å²) in [5, 5.41) is 4.39. The molecular formula is C21H29N5S. The van der Waals surface area contributed by atoms with Gasteiger partial charge in [-0.3, -0.25) is 4.98 Å². The molecule has 1 saturated carbocycles. The fraction of sp³-hybridized carbons (Fsp3) is 0.524. The number of rotatable bonds is 6. The molecule has 27 heavy (non-hydrogen) atoms. The van der Waals surface area contributed by atoms with Gasteiger partial charge in [-0.15, -0.1) is 0 Å². The van der Waals surface area contributed by atoms with Crippen molar-refractivity contribution in [3.8, 4) is 0 Å². The van der Waals surface area contributed by atoms with Crippen LogP contribution in [0.2, 0.25) is 0 Å². The van der Waals surface area contributed by atoms with Crippen molar-refractivity contribution in [2.75, 3.05) is 27.2 Å². The van der Waals surface area contributed by atoms with E-state index in [2.05, 4.69) is 69.2 Å². The predicted molar refractivity (Wildman–Crippen MR) is 113 cm³/mol. The van der Waals surface area contributed by atoms with Crippen LogP contribution in [-0.4, -0.2) is 51.6 Å². The Labute approximate surface area is 167 Å². The van der Waals surface area contributed by atoms with Gasteiger partial charge in [-0.1, -0.05) is 18.9 Å². The second-order valence-corrected chi connectivity index (χ2v) is 8.29. The molecular weight excluding hydrogens is 354 g/mol. The molecule has 2 aromatic heterocycles. The van der Waals surface area contributed by atoms with E-state index in [1.165, 1.54) is 31.4 Å². The van der Waals surface area contributed by atoms with E-state index in [9.17, 15) is 0 Å². The highest BCUT2D eigenvalue weighted by Crippen LogP contribution is 2.41. The summed E-state index contributed by atoms with van der Waals surface area (Å²) in [6.07, 6.45) is 9.34. The monoisotopic (exact) mass is 383 g/mol. The molecule has 0 unspecified atom stereocenters. The van der Waals surface area contributed by atoms with E-state index in [-0.39, 0.29) is 12.1 Å². The molecule has 5 nitrogen and oxygen atoms in total. The third kappa shape index (κ3) is 3.73. The van der Waals surface area contributed by atoms with Crippen LogP contribution in [0.3, 0.4) is 0 Å². The summed E-state index contributed by atoms with van der Waals surface area (Å²) < 4.78 is 2.51. The van der Waals surface area contributed by atoms with Gasteiger partial charge in [0.1, 0.15) is 0 Å². The van der Waals surface area contributed by atoms with Crippen LogP contribution in [0.25, 0.3) is 0 Å². The normalized spacial score (nSPS) is 23.4. The third-order valence-electron chi connectivity index (χ3n) is 5.82. The molecule has 0 aromatic carbocycles. The molecule has 144 valence electrons. The highest BCUT2D eigenvalue weighted by Gasteiger charge is 2.41. The van der Waals surface area contributed by atoms with E-state index in [0.29, 0.717) is 6.04 Å². The molecule has 6 heteroatoms. The number of likely N-dealkylation sites (N-methyl/N-ethyl adjacent to an activating group) is 1. The number of aromatic nitrogens is 2. The van der Waals surface area contributed by atoms with Gasteiger partial charge >= 0.3 is 0 Å². The molecule has 0 bridgehead atoms. The molecule has 0 spiro atoms. The van der Waals surface area contributed by atoms with Crippen molar-refractivity contribution < 1.29 is 0 Å². The summed E-state index contributed by atoms with van der Waals surface area (Å²) in [5.41, 5.74) is 2.40. The second kappa shape index (κ2) is 7.98. The van der Waals surface area contributed by atoms with Crippen LogP contribution in [0.15, 0.2) is 42.7 Å². The molecule has 3 heterocycles. The van der Waals surface area contributed by atoms with E-state index in [1.54, 1.807) is 0 Å². The summed E-state index contributed by atoms with van der Waals surface area (Å²) in [6.45, 7) is 1.88. The maximum atomic E-state index is 5.76. The van der Waals surface area contributed by atoms with Gasteiger partial charge in [-0.2, -0.15) is 0 Å². The lowest BCUT2D eigenvalue weighted by Gasteiger charge is -2.31. The fourth-order valence-electron chi connectivity index (χ4n) is 4.45. The van der Waals surface area contributed by atoms with Crippen LogP contribution in [0.4, 0.5) is 0 Å².